The molecule has 5 heteroatoms. The van der Waals surface area contributed by atoms with Crippen molar-refractivity contribution in [1.82, 2.24) is 4.90 Å². The number of rotatable bonds is 2. The van der Waals surface area contributed by atoms with Crippen LogP contribution in [0.1, 0.15) is 35.7 Å². The first-order chi connectivity index (χ1) is 9.11. The summed E-state index contributed by atoms with van der Waals surface area (Å²) >= 11 is 0. The van der Waals surface area contributed by atoms with Crippen LogP contribution < -0.4 is 5.73 Å². The van der Waals surface area contributed by atoms with E-state index < -0.39 is 0 Å². The molecule has 1 aromatic rings. The molecule has 1 saturated heterocycles. The Labute approximate surface area is 112 Å². The van der Waals surface area contributed by atoms with E-state index in [9.17, 15) is 4.79 Å². The zero-order valence-electron chi connectivity index (χ0n) is 11.0. The molecular formula is C14H19N3O2. The minimum atomic E-state index is 0.0131. The van der Waals surface area contributed by atoms with E-state index in [-0.39, 0.29) is 11.7 Å². The molecule has 2 rings (SSSR count). The smallest absolute Gasteiger partial charge is 0.253 e. The van der Waals surface area contributed by atoms with Gasteiger partial charge in [0.1, 0.15) is 0 Å². The third-order valence-corrected chi connectivity index (χ3v) is 3.46. The van der Waals surface area contributed by atoms with Gasteiger partial charge in [-0.2, -0.15) is 0 Å². The van der Waals surface area contributed by atoms with Gasteiger partial charge in [-0.1, -0.05) is 24.2 Å². The van der Waals surface area contributed by atoms with Crippen LogP contribution >= 0.6 is 0 Å². The Kier molecular flexibility index (Phi) is 4.04. The monoisotopic (exact) mass is 261 g/mol. The van der Waals surface area contributed by atoms with Crippen LogP contribution in [0.25, 0.3) is 0 Å². The second-order valence-electron chi connectivity index (χ2n) is 5.06. The zero-order chi connectivity index (χ0) is 13.8. The van der Waals surface area contributed by atoms with Gasteiger partial charge in [-0.15, -0.1) is 0 Å². The van der Waals surface area contributed by atoms with Crippen LogP contribution in [0, 0.1) is 5.92 Å². The summed E-state index contributed by atoms with van der Waals surface area (Å²) in [6, 6.07) is 6.88. The summed E-state index contributed by atoms with van der Waals surface area (Å²) in [7, 11) is 0. The second kappa shape index (κ2) is 5.73. The number of hydrogen-bond donors (Lipinski definition) is 2. The molecule has 1 heterocycles. The van der Waals surface area contributed by atoms with Gasteiger partial charge in [0.15, 0.2) is 5.84 Å². The van der Waals surface area contributed by atoms with Crippen molar-refractivity contribution >= 4 is 11.7 Å². The van der Waals surface area contributed by atoms with Crippen LogP contribution in [0.5, 0.6) is 0 Å². The Morgan fingerprint density at radius 2 is 2.21 bits per heavy atom. The molecule has 1 aliphatic heterocycles. The molecular weight excluding hydrogens is 242 g/mol. The maximum Gasteiger partial charge on any atom is 0.253 e. The van der Waals surface area contributed by atoms with E-state index in [1.165, 1.54) is 6.42 Å². The molecule has 1 amide bonds. The van der Waals surface area contributed by atoms with Crippen molar-refractivity contribution in [3.8, 4) is 0 Å². The van der Waals surface area contributed by atoms with Crippen LogP contribution in [0.4, 0.5) is 0 Å². The molecule has 3 N–H and O–H groups in total. The van der Waals surface area contributed by atoms with Crippen molar-refractivity contribution in [2.45, 2.75) is 19.8 Å². The van der Waals surface area contributed by atoms with Crippen LogP contribution in [0.15, 0.2) is 29.4 Å². The molecule has 1 aromatic carbocycles. The summed E-state index contributed by atoms with van der Waals surface area (Å²) in [5, 5.41) is 11.6. The molecule has 5 nitrogen and oxygen atoms in total. The van der Waals surface area contributed by atoms with Crippen molar-refractivity contribution in [3.05, 3.63) is 35.4 Å². The predicted molar refractivity (Wildman–Crippen MR) is 73.3 cm³/mol. The van der Waals surface area contributed by atoms with Crippen LogP contribution in [-0.2, 0) is 0 Å². The molecule has 0 aromatic heterocycles. The van der Waals surface area contributed by atoms with E-state index in [2.05, 4.69) is 12.1 Å². The lowest BCUT2D eigenvalue weighted by Crippen LogP contribution is -2.39. The summed E-state index contributed by atoms with van der Waals surface area (Å²) in [6.45, 7) is 3.76. The molecule has 1 aliphatic rings. The van der Waals surface area contributed by atoms with Gasteiger partial charge < -0.3 is 15.8 Å². The van der Waals surface area contributed by atoms with Crippen LogP contribution in [0.2, 0.25) is 0 Å². The molecule has 0 spiro atoms. The summed E-state index contributed by atoms with van der Waals surface area (Å²) < 4.78 is 0. The van der Waals surface area contributed by atoms with Gasteiger partial charge in [0.2, 0.25) is 0 Å². The number of carbonyl (C=O) groups excluding carboxylic acids is 1. The number of oxime groups is 1. The van der Waals surface area contributed by atoms with Gasteiger partial charge in [0.05, 0.1) is 0 Å². The number of amidine groups is 1. The van der Waals surface area contributed by atoms with E-state index in [0.717, 1.165) is 19.5 Å². The highest BCUT2D eigenvalue weighted by molar-refractivity contribution is 6.01. The quantitative estimate of drug-likeness (QED) is 0.368. The number of amides is 1. The molecule has 0 bridgehead atoms. The standard InChI is InChI=1S/C14H19N3O2/c1-10-4-3-7-17(9-10)14(18)12-6-2-5-11(8-12)13(15)16-19/h2,5-6,8,10,19H,3-4,7,9H2,1H3,(H2,15,16). The molecule has 1 fully saturated rings. The summed E-state index contributed by atoms with van der Waals surface area (Å²) in [4.78, 5) is 14.3. The van der Waals surface area contributed by atoms with Crippen molar-refractivity contribution in [3.63, 3.8) is 0 Å². The molecule has 19 heavy (non-hydrogen) atoms. The first kappa shape index (κ1) is 13.4. The Balaban J connectivity index is 2.19. The lowest BCUT2D eigenvalue weighted by atomic mass is 9.99. The number of likely N-dealkylation sites (tertiary alicyclic amines) is 1. The fourth-order valence-corrected chi connectivity index (χ4v) is 2.43. The first-order valence-corrected chi connectivity index (χ1v) is 6.49. The maximum absolute atomic E-state index is 12.4. The fourth-order valence-electron chi connectivity index (χ4n) is 2.43. The van der Waals surface area contributed by atoms with Gasteiger partial charge in [-0.05, 0) is 30.9 Å². The average molecular weight is 261 g/mol. The normalized spacial score (nSPS) is 20.4. The predicted octanol–water partition coefficient (Wildman–Crippen LogP) is 1.65. The number of benzene rings is 1. The molecule has 0 aliphatic carbocycles. The number of nitrogens with zero attached hydrogens (tertiary/aromatic N) is 2. The Morgan fingerprint density at radius 1 is 1.47 bits per heavy atom. The number of carbonyl (C=O) groups is 1. The van der Waals surface area contributed by atoms with Crippen molar-refractivity contribution in [2.75, 3.05) is 13.1 Å². The van der Waals surface area contributed by atoms with E-state index in [1.807, 2.05) is 4.90 Å². The van der Waals surface area contributed by atoms with Crippen LogP contribution in [0.3, 0.4) is 0 Å². The molecule has 1 unspecified atom stereocenters. The number of piperidine rings is 1. The fraction of sp³-hybridized carbons (Fsp3) is 0.429. The molecule has 1 atom stereocenters. The Morgan fingerprint density at radius 3 is 2.89 bits per heavy atom. The lowest BCUT2D eigenvalue weighted by molar-refractivity contribution is 0.0683. The highest BCUT2D eigenvalue weighted by Gasteiger charge is 2.22. The topological polar surface area (TPSA) is 78.9 Å². The van der Waals surface area contributed by atoms with Crippen molar-refractivity contribution in [1.29, 1.82) is 0 Å². The minimum Gasteiger partial charge on any atom is -0.409 e. The first-order valence-electron chi connectivity index (χ1n) is 6.49. The highest BCUT2D eigenvalue weighted by atomic mass is 16.4. The largest absolute Gasteiger partial charge is 0.409 e. The molecule has 102 valence electrons. The highest BCUT2D eigenvalue weighted by Crippen LogP contribution is 2.18. The van der Waals surface area contributed by atoms with Gasteiger partial charge in [0, 0.05) is 24.2 Å². The van der Waals surface area contributed by atoms with Gasteiger partial charge in [-0.3, -0.25) is 4.79 Å². The molecule has 0 radical (unpaired) electrons. The Hall–Kier alpha value is -2.04. The Bertz CT molecular complexity index is 499. The summed E-state index contributed by atoms with van der Waals surface area (Å²) in [5.41, 5.74) is 6.67. The summed E-state index contributed by atoms with van der Waals surface area (Å²) in [6.07, 6.45) is 2.22. The van der Waals surface area contributed by atoms with Gasteiger partial charge >= 0.3 is 0 Å². The zero-order valence-corrected chi connectivity index (χ0v) is 11.0. The third kappa shape index (κ3) is 3.05. The van der Waals surface area contributed by atoms with E-state index in [4.69, 9.17) is 10.9 Å². The van der Waals surface area contributed by atoms with Crippen molar-refractivity contribution in [2.24, 2.45) is 16.8 Å². The van der Waals surface area contributed by atoms with Crippen LogP contribution in [-0.4, -0.2) is 34.9 Å². The summed E-state index contributed by atoms with van der Waals surface area (Å²) in [5.74, 6) is 0.575. The lowest BCUT2D eigenvalue weighted by Gasteiger charge is -2.31. The number of nitrogens with two attached hydrogens (primary N) is 1. The minimum absolute atomic E-state index is 0.0131. The van der Waals surface area contributed by atoms with E-state index >= 15 is 0 Å². The maximum atomic E-state index is 12.4. The van der Waals surface area contributed by atoms with Crippen molar-refractivity contribution < 1.29 is 10.0 Å². The number of hydrogen-bond acceptors (Lipinski definition) is 3. The average Bonchev–Trinajstić information content (AvgIpc) is 2.45. The van der Waals surface area contributed by atoms with E-state index in [0.29, 0.717) is 17.0 Å². The van der Waals surface area contributed by atoms with Gasteiger partial charge in [-0.25, -0.2) is 0 Å². The van der Waals surface area contributed by atoms with Gasteiger partial charge in [0.25, 0.3) is 5.91 Å². The third-order valence-electron chi connectivity index (χ3n) is 3.46. The second-order valence-corrected chi connectivity index (χ2v) is 5.06. The molecule has 0 saturated carbocycles. The van der Waals surface area contributed by atoms with E-state index in [1.54, 1.807) is 24.3 Å². The SMILES string of the molecule is CC1CCCN(C(=O)c2cccc(/C(N)=N/O)c2)C1.